The Morgan fingerprint density at radius 2 is 0.857 bits per heavy atom. The van der Waals surface area contributed by atoms with Crippen LogP contribution in [-0.2, 0) is 0 Å². The summed E-state index contributed by atoms with van der Waals surface area (Å²) in [6.45, 7) is 0. The molecule has 0 N–H and O–H groups in total. The second-order valence-electron chi connectivity index (χ2n) is 14.4. The summed E-state index contributed by atoms with van der Waals surface area (Å²) in [7, 11) is 0. The summed E-state index contributed by atoms with van der Waals surface area (Å²) in [5.74, 6) is 0. The summed E-state index contributed by atoms with van der Waals surface area (Å²) in [6.07, 6.45) is 0. The summed E-state index contributed by atoms with van der Waals surface area (Å²) in [5, 5.41) is 9.45. The van der Waals surface area contributed by atoms with Crippen LogP contribution in [0.25, 0.3) is 87.6 Å². The molecule has 11 aromatic rings. The molecule has 10 aromatic carbocycles. The van der Waals surface area contributed by atoms with Crippen molar-refractivity contribution in [3.8, 4) is 33.4 Å². The van der Waals surface area contributed by atoms with Gasteiger partial charge in [0.25, 0.3) is 0 Å². The third-order valence-electron chi connectivity index (χ3n) is 11.2. The molecule has 1 heterocycles. The van der Waals surface area contributed by atoms with Gasteiger partial charge in [-0.05, 0) is 79.0 Å². The van der Waals surface area contributed by atoms with Crippen molar-refractivity contribution in [2.45, 2.75) is 0 Å². The average molecular weight is 714 g/mol. The van der Waals surface area contributed by atoms with Crippen LogP contribution in [0.3, 0.4) is 0 Å². The summed E-state index contributed by atoms with van der Waals surface area (Å²) >= 11 is 0. The number of rotatable bonds is 6. The lowest BCUT2D eigenvalue weighted by Gasteiger charge is -2.29. The molecule has 0 radical (unpaired) electrons. The highest BCUT2D eigenvalue weighted by Crippen LogP contribution is 2.49. The molecule has 0 bridgehead atoms. The Morgan fingerprint density at radius 1 is 0.321 bits per heavy atom. The van der Waals surface area contributed by atoms with Crippen molar-refractivity contribution in [1.29, 1.82) is 0 Å². The van der Waals surface area contributed by atoms with Gasteiger partial charge in [-0.2, -0.15) is 0 Å². The van der Waals surface area contributed by atoms with E-state index in [0.29, 0.717) is 0 Å². The molecule has 0 aliphatic rings. The monoisotopic (exact) mass is 713 g/mol. The maximum Gasteiger partial charge on any atom is 0.159 e. The lowest BCUT2D eigenvalue weighted by atomic mass is 9.91. The fourth-order valence-electron chi connectivity index (χ4n) is 8.69. The molecule has 0 fully saturated rings. The molecule has 262 valence electrons. The molecule has 2 nitrogen and oxygen atoms in total. The van der Waals surface area contributed by atoms with E-state index in [9.17, 15) is 0 Å². The molecule has 0 unspecified atom stereocenters. The largest absolute Gasteiger partial charge is 0.454 e. The van der Waals surface area contributed by atoms with Crippen molar-refractivity contribution in [3.05, 3.63) is 212 Å². The molecular formula is C54H35NO. The predicted molar refractivity (Wildman–Crippen MR) is 237 cm³/mol. The Bertz CT molecular complexity index is 3230. The fourth-order valence-corrected chi connectivity index (χ4v) is 8.69. The zero-order chi connectivity index (χ0) is 37.0. The zero-order valence-corrected chi connectivity index (χ0v) is 30.6. The summed E-state index contributed by atoms with van der Waals surface area (Å²) in [5.41, 5.74) is 12.0. The highest BCUT2D eigenvalue weighted by molar-refractivity contribution is 6.21. The van der Waals surface area contributed by atoms with Crippen LogP contribution in [0.1, 0.15) is 0 Å². The van der Waals surface area contributed by atoms with Crippen LogP contribution in [0.5, 0.6) is 0 Å². The number of para-hydroxylation sites is 1. The van der Waals surface area contributed by atoms with Crippen molar-refractivity contribution in [1.82, 2.24) is 0 Å². The molecular weight excluding hydrogens is 679 g/mol. The summed E-state index contributed by atoms with van der Waals surface area (Å²) in [4.78, 5) is 2.42. The smallest absolute Gasteiger partial charge is 0.159 e. The first-order valence-electron chi connectivity index (χ1n) is 19.2. The number of fused-ring (bicyclic) bond motifs is 7. The molecule has 0 aliphatic carbocycles. The minimum absolute atomic E-state index is 0.858. The SMILES string of the molecule is c1ccc(-c2ccc3ccccc3c2N(c2ccc(-c3cccc4cccc(-c5ccccc5)c34)cc2)c2cccc3c2oc2ccc4ccccc4c23)cc1. The zero-order valence-electron chi connectivity index (χ0n) is 30.6. The van der Waals surface area contributed by atoms with Crippen LogP contribution >= 0.6 is 0 Å². The Labute approximate surface area is 325 Å². The highest BCUT2D eigenvalue weighted by Gasteiger charge is 2.25. The Hall–Kier alpha value is -7.42. The van der Waals surface area contributed by atoms with E-state index in [4.69, 9.17) is 4.42 Å². The van der Waals surface area contributed by atoms with Gasteiger partial charge in [-0.1, -0.05) is 188 Å². The topological polar surface area (TPSA) is 16.4 Å². The van der Waals surface area contributed by atoms with Gasteiger partial charge >= 0.3 is 0 Å². The Kier molecular flexibility index (Phi) is 7.53. The van der Waals surface area contributed by atoms with E-state index in [1.807, 2.05) is 0 Å². The number of anilines is 3. The van der Waals surface area contributed by atoms with Crippen LogP contribution in [0, 0.1) is 0 Å². The van der Waals surface area contributed by atoms with Crippen molar-refractivity contribution in [3.63, 3.8) is 0 Å². The molecule has 0 saturated heterocycles. The molecule has 0 aliphatic heterocycles. The van der Waals surface area contributed by atoms with Crippen LogP contribution in [-0.4, -0.2) is 0 Å². The molecule has 0 spiro atoms. The van der Waals surface area contributed by atoms with Crippen molar-refractivity contribution in [2.24, 2.45) is 0 Å². The number of furan rings is 1. The van der Waals surface area contributed by atoms with Gasteiger partial charge in [-0.3, -0.25) is 0 Å². The Balaban J connectivity index is 1.18. The van der Waals surface area contributed by atoms with Crippen molar-refractivity contribution < 1.29 is 4.42 Å². The summed E-state index contributed by atoms with van der Waals surface area (Å²) in [6, 6.07) is 76.4. The summed E-state index contributed by atoms with van der Waals surface area (Å²) < 4.78 is 6.93. The minimum Gasteiger partial charge on any atom is -0.454 e. The number of benzene rings is 10. The second-order valence-corrected chi connectivity index (χ2v) is 14.4. The van der Waals surface area contributed by atoms with Crippen LogP contribution in [0.15, 0.2) is 217 Å². The van der Waals surface area contributed by atoms with Crippen LogP contribution in [0.4, 0.5) is 17.1 Å². The van der Waals surface area contributed by atoms with Gasteiger partial charge in [-0.15, -0.1) is 0 Å². The Morgan fingerprint density at radius 3 is 1.57 bits per heavy atom. The van der Waals surface area contributed by atoms with Gasteiger partial charge in [0.1, 0.15) is 5.58 Å². The average Bonchev–Trinajstić information content (AvgIpc) is 3.67. The standard InChI is InChI=1S/C54H35NO/c1-3-14-36(15-4-1)43-24-11-20-41-21-12-25-44(51(41)43)40-28-32-42(33-29-40)55(53-46-23-10-8-19-39(46)30-34-47(53)37-16-5-2-6-17-37)49-27-13-26-48-52-45-22-9-7-18-38(45)31-35-50(52)56-54(48)49/h1-35H. The van der Waals surface area contributed by atoms with Crippen LogP contribution < -0.4 is 4.90 Å². The van der Waals surface area contributed by atoms with Gasteiger partial charge in [0.05, 0.1) is 11.4 Å². The van der Waals surface area contributed by atoms with Crippen molar-refractivity contribution >= 4 is 71.3 Å². The molecule has 11 rings (SSSR count). The number of hydrogen-bond acceptors (Lipinski definition) is 2. The van der Waals surface area contributed by atoms with Gasteiger partial charge < -0.3 is 9.32 Å². The van der Waals surface area contributed by atoms with E-state index in [2.05, 4.69) is 217 Å². The number of nitrogens with zero attached hydrogens (tertiary/aromatic N) is 1. The van der Waals surface area contributed by atoms with Gasteiger partial charge in [0.15, 0.2) is 5.58 Å². The van der Waals surface area contributed by atoms with E-state index in [1.54, 1.807) is 0 Å². The molecule has 0 amide bonds. The molecule has 2 heteroatoms. The molecule has 0 saturated carbocycles. The van der Waals surface area contributed by atoms with Gasteiger partial charge in [0.2, 0.25) is 0 Å². The van der Waals surface area contributed by atoms with E-state index in [0.717, 1.165) is 61.1 Å². The maximum absolute atomic E-state index is 6.93. The highest BCUT2D eigenvalue weighted by atomic mass is 16.3. The third-order valence-corrected chi connectivity index (χ3v) is 11.2. The van der Waals surface area contributed by atoms with Crippen LogP contribution in [0.2, 0.25) is 0 Å². The van der Waals surface area contributed by atoms with E-state index in [1.165, 1.54) is 43.6 Å². The van der Waals surface area contributed by atoms with Crippen molar-refractivity contribution in [2.75, 3.05) is 4.90 Å². The van der Waals surface area contributed by atoms with E-state index >= 15 is 0 Å². The second kappa shape index (κ2) is 13.2. The first-order chi connectivity index (χ1) is 27.8. The first kappa shape index (κ1) is 32.0. The van der Waals surface area contributed by atoms with E-state index < -0.39 is 0 Å². The number of hydrogen-bond donors (Lipinski definition) is 0. The molecule has 56 heavy (non-hydrogen) atoms. The third kappa shape index (κ3) is 5.19. The molecule has 0 atom stereocenters. The first-order valence-corrected chi connectivity index (χ1v) is 19.2. The quantitative estimate of drug-likeness (QED) is 0.171. The predicted octanol–water partition coefficient (Wildman–Crippen LogP) is 15.5. The lowest BCUT2D eigenvalue weighted by Crippen LogP contribution is -2.12. The molecule has 1 aromatic heterocycles. The minimum atomic E-state index is 0.858. The van der Waals surface area contributed by atoms with Gasteiger partial charge in [0, 0.05) is 27.4 Å². The maximum atomic E-state index is 6.93. The lowest BCUT2D eigenvalue weighted by molar-refractivity contribution is 0.669. The normalized spacial score (nSPS) is 11.6. The van der Waals surface area contributed by atoms with Gasteiger partial charge in [-0.25, -0.2) is 0 Å². The fraction of sp³-hybridized carbons (Fsp3) is 0. The van der Waals surface area contributed by atoms with E-state index in [-0.39, 0.29) is 0 Å².